The molecule has 144 valence electrons. The van der Waals surface area contributed by atoms with Crippen molar-refractivity contribution in [3.8, 4) is 5.75 Å². The average molecular weight is 416 g/mol. The first-order valence-electron chi connectivity index (χ1n) is 8.53. The Kier molecular flexibility index (Phi) is 6.38. The molecule has 0 spiro atoms. The molecule has 1 fully saturated rings. The lowest BCUT2D eigenvalue weighted by Gasteiger charge is -2.12. The number of aliphatic imine (C=N–C) groups is 1. The van der Waals surface area contributed by atoms with Crippen LogP contribution in [0, 0.1) is 0 Å². The second kappa shape index (κ2) is 8.95. The third kappa shape index (κ3) is 4.74. The number of rotatable bonds is 6. The Morgan fingerprint density at radius 1 is 1.29 bits per heavy atom. The molecule has 1 aliphatic rings. The molecule has 1 saturated heterocycles. The zero-order chi connectivity index (χ0) is 20.1. The highest BCUT2D eigenvalue weighted by atomic mass is 35.5. The van der Waals surface area contributed by atoms with Gasteiger partial charge in [0.15, 0.2) is 11.8 Å². The van der Waals surface area contributed by atoms with Gasteiger partial charge < -0.3 is 10.5 Å². The van der Waals surface area contributed by atoms with Gasteiger partial charge in [-0.2, -0.15) is 0 Å². The van der Waals surface area contributed by atoms with Crippen molar-refractivity contribution in [3.63, 3.8) is 0 Å². The second-order valence-electron chi connectivity index (χ2n) is 5.83. The van der Waals surface area contributed by atoms with E-state index in [0.29, 0.717) is 38.6 Å². The van der Waals surface area contributed by atoms with E-state index in [1.165, 1.54) is 11.8 Å². The first-order valence-corrected chi connectivity index (χ1v) is 9.73. The van der Waals surface area contributed by atoms with E-state index < -0.39 is 5.91 Å². The molecule has 0 aromatic heterocycles. The van der Waals surface area contributed by atoms with Crippen LogP contribution in [0.2, 0.25) is 5.02 Å². The Morgan fingerprint density at radius 3 is 2.79 bits per heavy atom. The number of halogens is 1. The molecule has 1 heterocycles. The molecule has 0 aliphatic carbocycles. The highest BCUT2D eigenvalue weighted by molar-refractivity contribution is 8.18. The van der Waals surface area contributed by atoms with Gasteiger partial charge in [-0.05, 0) is 49.0 Å². The number of hydrogen-bond donors (Lipinski definition) is 1. The Bertz CT molecular complexity index is 975. The molecule has 2 N–H and O–H groups in total. The van der Waals surface area contributed by atoms with E-state index in [0.717, 1.165) is 0 Å². The molecule has 1 aliphatic heterocycles. The van der Waals surface area contributed by atoms with Crippen LogP contribution in [0.1, 0.15) is 12.5 Å². The number of hydrogen-bond acceptors (Lipinski definition) is 5. The number of carbonyl (C=O) groups is 2. The third-order valence-corrected chi connectivity index (χ3v) is 5.05. The number of carbonyl (C=O) groups excluding carboxylic acids is 2. The van der Waals surface area contributed by atoms with E-state index in [1.807, 2.05) is 25.1 Å². The van der Waals surface area contributed by atoms with Gasteiger partial charge in [0, 0.05) is 17.1 Å². The summed E-state index contributed by atoms with van der Waals surface area (Å²) in [6, 6.07) is 14.3. The molecule has 0 unspecified atom stereocenters. The number of amides is 2. The predicted octanol–water partition coefficient (Wildman–Crippen LogP) is 3.83. The molecule has 0 radical (unpaired) electrons. The average Bonchev–Trinajstić information content (AvgIpc) is 2.95. The number of thioether (sulfide) groups is 1. The van der Waals surface area contributed by atoms with Crippen molar-refractivity contribution in [1.29, 1.82) is 0 Å². The maximum atomic E-state index is 12.8. The third-order valence-electron chi connectivity index (χ3n) is 3.81. The van der Waals surface area contributed by atoms with Gasteiger partial charge in [0.05, 0.1) is 10.6 Å². The normalized spacial score (nSPS) is 16.8. The Labute approximate surface area is 172 Å². The molecular formula is C20H18ClN3O3S. The fraction of sp³-hybridized carbons (Fsp3) is 0.150. The molecule has 0 atom stereocenters. The van der Waals surface area contributed by atoms with Gasteiger partial charge in [-0.15, -0.1) is 0 Å². The largest absolute Gasteiger partial charge is 0.483 e. The van der Waals surface area contributed by atoms with E-state index >= 15 is 0 Å². The van der Waals surface area contributed by atoms with Crippen molar-refractivity contribution in [2.75, 3.05) is 13.2 Å². The van der Waals surface area contributed by atoms with Crippen LogP contribution in [0.15, 0.2) is 58.4 Å². The standard InChI is InChI=1S/C20H18ClN3O3S/c1-2-24-19(26)17(28-20(24)23-15-8-5-7-14(21)11-15)10-13-6-3-4-9-16(13)27-12-18(22)25/h3-11H,2,12H2,1H3,(H2,22,25)/b17-10+,23-20?. The summed E-state index contributed by atoms with van der Waals surface area (Å²) >= 11 is 7.30. The summed E-state index contributed by atoms with van der Waals surface area (Å²) in [5.74, 6) is -0.231. The SMILES string of the molecule is CCN1C(=O)/C(=C\c2ccccc2OCC(N)=O)SC1=Nc1cccc(Cl)c1. The molecule has 8 heteroatoms. The smallest absolute Gasteiger partial charge is 0.266 e. The molecule has 2 amide bonds. The summed E-state index contributed by atoms with van der Waals surface area (Å²) in [5, 5.41) is 1.16. The van der Waals surface area contributed by atoms with Crippen molar-refractivity contribution in [1.82, 2.24) is 4.90 Å². The number of nitrogens with two attached hydrogens (primary N) is 1. The van der Waals surface area contributed by atoms with Crippen molar-refractivity contribution >= 4 is 52.1 Å². The summed E-state index contributed by atoms with van der Waals surface area (Å²) in [6.07, 6.45) is 1.73. The van der Waals surface area contributed by atoms with Crippen LogP contribution in [0.4, 0.5) is 5.69 Å². The summed E-state index contributed by atoms with van der Waals surface area (Å²) in [5.41, 5.74) is 6.50. The predicted molar refractivity (Wildman–Crippen MR) is 113 cm³/mol. The van der Waals surface area contributed by atoms with Crippen LogP contribution in [-0.2, 0) is 9.59 Å². The van der Waals surface area contributed by atoms with Gasteiger partial charge in [-0.25, -0.2) is 4.99 Å². The lowest BCUT2D eigenvalue weighted by atomic mass is 10.2. The lowest BCUT2D eigenvalue weighted by molar-refractivity contribution is -0.122. The van der Waals surface area contributed by atoms with Crippen molar-refractivity contribution in [2.24, 2.45) is 10.7 Å². The van der Waals surface area contributed by atoms with Crippen LogP contribution < -0.4 is 10.5 Å². The number of ether oxygens (including phenoxy) is 1. The summed E-state index contributed by atoms with van der Waals surface area (Å²) in [4.78, 5) is 30.5. The molecule has 3 rings (SSSR count). The number of benzene rings is 2. The maximum Gasteiger partial charge on any atom is 0.266 e. The van der Waals surface area contributed by atoms with Gasteiger partial charge >= 0.3 is 0 Å². The Morgan fingerprint density at radius 2 is 2.07 bits per heavy atom. The monoisotopic (exact) mass is 415 g/mol. The van der Waals surface area contributed by atoms with Crippen LogP contribution in [0.25, 0.3) is 6.08 Å². The minimum Gasteiger partial charge on any atom is -0.483 e. The van der Waals surface area contributed by atoms with Gasteiger partial charge in [0.25, 0.3) is 11.8 Å². The van der Waals surface area contributed by atoms with E-state index in [2.05, 4.69) is 4.99 Å². The van der Waals surface area contributed by atoms with Gasteiger partial charge in [0.2, 0.25) is 0 Å². The summed E-state index contributed by atoms with van der Waals surface area (Å²) < 4.78 is 5.43. The van der Waals surface area contributed by atoms with Crippen LogP contribution in [0.5, 0.6) is 5.75 Å². The van der Waals surface area contributed by atoms with Crippen molar-refractivity contribution < 1.29 is 14.3 Å². The van der Waals surface area contributed by atoms with Gasteiger partial charge in [-0.1, -0.05) is 35.9 Å². The highest BCUT2D eigenvalue weighted by Gasteiger charge is 2.32. The maximum absolute atomic E-state index is 12.8. The summed E-state index contributed by atoms with van der Waals surface area (Å²) in [7, 11) is 0. The van der Waals surface area contributed by atoms with Crippen LogP contribution in [-0.4, -0.2) is 35.0 Å². The lowest BCUT2D eigenvalue weighted by Crippen LogP contribution is -2.28. The molecule has 2 aromatic carbocycles. The molecule has 2 aromatic rings. The van der Waals surface area contributed by atoms with Crippen LogP contribution >= 0.6 is 23.4 Å². The fourth-order valence-corrected chi connectivity index (χ4v) is 3.79. The number of para-hydroxylation sites is 1. The second-order valence-corrected chi connectivity index (χ2v) is 7.27. The molecule has 0 saturated carbocycles. The minimum atomic E-state index is -0.568. The number of amidine groups is 1. The molecule has 28 heavy (non-hydrogen) atoms. The van der Waals surface area contributed by atoms with E-state index in [1.54, 1.807) is 41.3 Å². The minimum absolute atomic E-state index is 0.141. The fourth-order valence-electron chi connectivity index (χ4n) is 2.55. The zero-order valence-corrected chi connectivity index (χ0v) is 16.7. The van der Waals surface area contributed by atoms with E-state index in [4.69, 9.17) is 22.1 Å². The quantitative estimate of drug-likeness (QED) is 0.726. The number of likely N-dealkylation sites (N-methyl/N-ethyl adjacent to an activating group) is 1. The van der Waals surface area contributed by atoms with E-state index in [-0.39, 0.29) is 12.5 Å². The van der Waals surface area contributed by atoms with Crippen LogP contribution in [0.3, 0.4) is 0 Å². The topological polar surface area (TPSA) is 85.0 Å². The Hall–Kier alpha value is -2.77. The molecular weight excluding hydrogens is 398 g/mol. The van der Waals surface area contributed by atoms with E-state index in [9.17, 15) is 9.59 Å². The van der Waals surface area contributed by atoms with Gasteiger partial charge in [0.1, 0.15) is 5.75 Å². The number of primary amides is 1. The molecule has 0 bridgehead atoms. The highest BCUT2D eigenvalue weighted by Crippen LogP contribution is 2.35. The first kappa shape index (κ1) is 20.0. The van der Waals surface area contributed by atoms with Crippen molar-refractivity contribution in [2.45, 2.75) is 6.92 Å². The van der Waals surface area contributed by atoms with Crippen molar-refractivity contribution in [3.05, 3.63) is 64.0 Å². The molecule has 6 nitrogen and oxygen atoms in total. The Balaban J connectivity index is 1.91. The number of nitrogens with zero attached hydrogens (tertiary/aromatic N) is 2. The first-order chi connectivity index (χ1) is 13.5. The summed E-state index contributed by atoms with van der Waals surface area (Å²) in [6.45, 7) is 2.14. The zero-order valence-electron chi connectivity index (χ0n) is 15.1. The van der Waals surface area contributed by atoms with Gasteiger partial charge in [-0.3, -0.25) is 14.5 Å².